The van der Waals surface area contributed by atoms with Crippen molar-refractivity contribution in [3.63, 3.8) is 0 Å². The third kappa shape index (κ3) is 4.28. The molecule has 3 rings (SSSR count). The minimum atomic E-state index is -4.51. The van der Waals surface area contributed by atoms with E-state index in [-0.39, 0.29) is 22.1 Å². The van der Waals surface area contributed by atoms with E-state index in [1.54, 1.807) is 11.4 Å². The predicted octanol–water partition coefficient (Wildman–Crippen LogP) is 4.30. The average Bonchev–Trinajstić information content (AvgIpc) is 3.35. The molecule has 0 unspecified atom stereocenters. The Morgan fingerprint density at radius 1 is 1.11 bits per heavy atom. The highest BCUT2D eigenvalue weighted by molar-refractivity contribution is 7.93. The lowest BCUT2D eigenvalue weighted by Gasteiger charge is -2.16. The van der Waals surface area contributed by atoms with Crippen LogP contribution in [0.5, 0.6) is 0 Å². The molecule has 10 heteroatoms. The Bertz CT molecular complexity index is 1030. The van der Waals surface area contributed by atoms with Crippen molar-refractivity contribution in [3.8, 4) is 0 Å². The van der Waals surface area contributed by atoms with Crippen LogP contribution in [0, 0.1) is 0 Å². The molecule has 28 heavy (non-hydrogen) atoms. The van der Waals surface area contributed by atoms with Gasteiger partial charge in [-0.2, -0.15) is 13.2 Å². The number of carbonyl (C=O) groups excluding carboxylic acids is 1. The molecule has 0 fully saturated rings. The lowest BCUT2D eigenvalue weighted by Crippen LogP contribution is -2.31. The summed E-state index contributed by atoms with van der Waals surface area (Å²) in [6.07, 6.45) is -3.18. The number of thiophene rings is 1. The second kappa shape index (κ2) is 7.80. The van der Waals surface area contributed by atoms with Crippen LogP contribution in [0.15, 0.2) is 68.8 Å². The van der Waals surface area contributed by atoms with Crippen molar-refractivity contribution in [2.24, 2.45) is 0 Å². The van der Waals surface area contributed by atoms with Gasteiger partial charge in [-0.1, -0.05) is 6.07 Å². The molecule has 0 aliphatic rings. The molecule has 2 heterocycles. The van der Waals surface area contributed by atoms with Gasteiger partial charge in [0.05, 0.1) is 11.8 Å². The third-order valence-corrected chi connectivity index (χ3v) is 7.43. The summed E-state index contributed by atoms with van der Waals surface area (Å²) in [5, 5.41) is 2.91. The quantitative estimate of drug-likeness (QED) is 0.634. The Morgan fingerprint density at radius 2 is 1.82 bits per heavy atom. The molecule has 1 N–H and O–H groups in total. The molecule has 1 aromatic carbocycles. The van der Waals surface area contributed by atoms with E-state index in [4.69, 9.17) is 4.42 Å². The summed E-state index contributed by atoms with van der Waals surface area (Å²) in [6, 6.07) is 9.72. The van der Waals surface area contributed by atoms with E-state index < -0.39 is 32.7 Å². The highest BCUT2D eigenvalue weighted by Crippen LogP contribution is 2.32. The highest BCUT2D eigenvalue weighted by atomic mass is 32.2. The number of nitrogens with one attached hydrogen (secondary N) is 1. The first-order valence-electron chi connectivity index (χ1n) is 7.96. The summed E-state index contributed by atoms with van der Waals surface area (Å²) in [5.74, 6) is -0.534. The fourth-order valence-electron chi connectivity index (χ4n) is 2.50. The summed E-state index contributed by atoms with van der Waals surface area (Å²) in [4.78, 5) is 12.3. The number of benzene rings is 1. The van der Waals surface area contributed by atoms with E-state index >= 15 is 0 Å². The number of alkyl halides is 3. The zero-order valence-electron chi connectivity index (χ0n) is 14.1. The van der Waals surface area contributed by atoms with Gasteiger partial charge < -0.3 is 9.73 Å². The Hall–Kier alpha value is -2.59. The first kappa shape index (κ1) is 20.2. The summed E-state index contributed by atoms with van der Waals surface area (Å²) in [6.45, 7) is -0.298. The van der Waals surface area contributed by atoms with E-state index in [2.05, 4.69) is 5.32 Å². The Balaban J connectivity index is 1.78. The van der Waals surface area contributed by atoms with E-state index in [9.17, 15) is 26.4 Å². The number of furan rings is 1. The Morgan fingerprint density at radius 3 is 2.36 bits per heavy atom. The number of rotatable bonds is 6. The van der Waals surface area contributed by atoms with Gasteiger partial charge in [0.1, 0.15) is 15.2 Å². The van der Waals surface area contributed by atoms with Gasteiger partial charge in [-0.15, -0.1) is 11.3 Å². The topological polar surface area (TPSA) is 76.4 Å². The van der Waals surface area contributed by atoms with Crippen LogP contribution in [0.2, 0.25) is 0 Å². The second-order valence-corrected chi connectivity index (χ2v) is 9.07. The lowest BCUT2D eigenvalue weighted by molar-refractivity contribution is -0.137. The van der Waals surface area contributed by atoms with Gasteiger partial charge in [-0.3, -0.25) is 4.79 Å². The molecular formula is C18H14F3NO4S2. The maximum atomic E-state index is 12.9. The van der Waals surface area contributed by atoms with Gasteiger partial charge in [-0.25, -0.2) is 8.42 Å². The first-order chi connectivity index (χ1) is 13.2. The van der Waals surface area contributed by atoms with Crippen molar-refractivity contribution >= 4 is 27.1 Å². The molecule has 0 aliphatic carbocycles. The molecule has 5 nitrogen and oxygen atoms in total. The molecule has 2 aromatic heterocycles. The van der Waals surface area contributed by atoms with Crippen LogP contribution in [0.4, 0.5) is 13.2 Å². The SMILES string of the molecule is O=C(NC[C@H](c1ccco1)S(=O)(=O)c1cccs1)c1ccc(C(F)(F)F)cc1. The zero-order chi connectivity index (χ0) is 20.4. The molecule has 0 saturated heterocycles. The molecule has 0 bridgehead atoms. The summed E-state index contributed by atoms with van der Waals surface area (Å²) in [7, 11) is -3.82. The van der Waals surface area contributed by atoms with Gasteiger partial charge in [0, 0.05) is 12.1 Å². The number of hydrogen-bond donors (Lipinski definition) is 1. The summed E-state index contributed by atoms with van der Waals surface area (Å²) in [5.41, 5.74) is -0.891. The van der Waals surface area contributed by atoms with Crippen molar-refractivity contribution < 1.29 is 30.8 Å². The van der Waals surface area contributed by atoms with E-state index in [0.717, 1.165) is 35.6 Å². The van der Waals surface area contributed by atoms with E-state index in [1.807, 2.05) is 0 Å². The zero-order valence-corrected chi connectivity index (χ0v) is 15.8. The number of halogens is 3. The molecule has 0 saturated carbocycles. The van der Waals surface area contributed by atoms with Crippen molar-refractivity contribution in [1.29, 1.82) is 0 Å². The van der Waals surface area contributed by atoms with Gasteiger partial charge in [0.2, 0.25) is 0 Å². The normalized spacial score (nSPS) is 13.2. The van der Waals surface area contributed by atoms with Gasteiger partial charge in [0.25, 0.3) is 5.91 Å². The molecule has 3 aromatic rings. The number of hydrogen-bond acceptors (Lipinski definition) is 5. The Kier molecular flexibility index (Phi) is 5.61. The molecule has 148 valence electrons. The van der Waals surface area contributed by atoms with Crippen molar-refractivity contribution in [3.05, 3.63) is 77.1 Å². The first-order valence-corrected chi connectivity index (χ1v) is 10.4. The smallest absolute Gasteiger partial charge is 0.416 e. The van der Waals surface area contributed by atoms with Crippen molar-refractivity contribution in [2.45, 2.75) is 15.6 Å². The number of carbonyl (C=O) groups is 1. The Labute approximate surface area is 162 Å². The van der Waals surface area contributed by atoms with Crippen LogP contribution in [-0.2, 0) is 16.0 Å². The van der Waals surface area contributed by atoms with Crippen LogP contribution < -0.4 is 5.32 Å². The second-order valence-electron chi connectivity index (χ2n) is 5.77. The van der Waals surface area contributed by atoms with E-state index in [1.165, 1.54) is 24.5 Å². The molecule has 0 aliphatic heterocycles. The van der Waals surface area contributed by atoms with Gasteiger partial charge >= 0.3 is 6.18 Å². The number of amides is 1. The van der Waals surface area contributed by atoms with Crippen molar-refractivity contribution in [1.82, 2.24) is 5.32 Å². The largest absolute Gasteiger partial charge is 0.468 e. The van der Waals surface area contributed by atoms with Crippen LogP contribution in [0.1, 0.15) is 26.9 Å². The fraction of sp³-hybridized carbons (Fsp3) is 0.167. The van der Waals surface area contributed by atoms with Crippen LogP contribution in [0.3, 0.4) is 0 Å². The maximum absolute atomic E-state index is 12.9. The minimum Gasteiger partial charge on any atom is -0.468 e. The lowest BCUT2D eigenvalue weighted by atomic mass is 10.1. The van der Waals surface area contributed by atoms with Crippen LogP contribution in [-0.4, -0.2) is 20.9 Å². The molecule has 1 atom stereocenters. The van der Waals surface area contributed by atoms with E-state index in [0.29, 0.717) is 0 Å². The van der Waals surface area contributed by atoms with Crippen molar-refractivity contribution in [2.75, 3.05) is 6.54 Å². The molecule has 0 spiro atoms. The average molecular weight is 429 g/mol. The number of sulfone groups is 1. The predicted molar refractivity (Wildman–Crippen MR) is 96.7 cm³/mol. The van der Waals surface area contributed by atoms with Gasteiger partial charge in [0.15, 0.2) is 9.84 Å². The standard InChI is InChI=1S/C18H14F3NO4S2/c19-18(20,21)13-7-5-12(6-8-13)17(23)22-11-15(14-3-1-9-26-14)28(24,25)16-4-2-10-27-16/h1-10,15H,11H2,(H,22,23)/t15-/m1/s1. The van der Waals surface area contributed by atoms with Crippen LogP contribution >= 0.6 is 11.3 Å². The summed E-state index contributed by atoms with van der Waals surface area (Å²) >= 11 is 1.04. The summed E-state index contributed by atoms with van der Waals surface area (Å²) < 4.78 is 68.9. The van der Waals surface area contributed by atoms with Crippen LogP contribution in [0.25, 0.3) is 0 Å². The van der Waals surface area contributed by atoms with Gasteiger partial charge in [-0.05, 0) is 47.8 Å². The monoisotopic (exact) mass is 429 g/mol. The minimum absolute atomic E-state index is 0.0142. The fourth-order valence-corrected chi connectivity index (χ4v) is 5.29. The maximum Gasteiger partial charge on any atom is 0.416 e. The molecule has 1 amide bonds. The molecular weight excluding hydrogens is 415 g/mol. The highest BCUT2D eigenvalue weighted by Gasteiger charge is 2.33. The molecule has 0 radical (unpaired) electrons. The third-order valence-electron chi connectivity index (χ3n) is 3.93.